The number of rotatable bonds is 4. The number of anilines is 2. The molecule has 0 aromatic heterocycles. The fourth-order valence-corrected chi connectivity index (χ4v) is 1.81. The molecule has 2 rings (SSSR count). The first-order chi connectivity index (χ1) is 8.11. The SMILES string of the molecule is CCCNc1cc2c(cc1[N+](=O)[O-])CC(=O)N2. The molecule has 0 aliphatic carbocycles. The molecule has 0 bridgehead atoms. The Morgan fingerprint density at radius 3 is 2.94 bits per heavy atom. The molecule has 1 aliphatic rings. The summed E-state index contributed by atoms with van der Waals surface area (Å²) in [5.74, 6) is -0.123. The average Bonchev–Trinajstić information content (AvgIpc) is 2.63. The first kappa shape index (κ1) is 11.4. The van der Waals surface area contributed by atoms with E-state index in [4.69, 9.17) is 0 Å². The van der Waals surface area contributed by atoms with Crippen LogP contribution in [0.4, 0.5) is 17.1 Å². The van der Waals surface area contributed by atoms with Crippen LogP contribution in [0.15, 0.2) is 12.1 Å². The number of benzene rings is 1. The van der Waals surface area contributed by atoms with Crippen molar-refractivity contribution in [1.82, 2.24) is 0 Å². The van der Waals surface area contributed by atoms with Gasteiger partial charge in [0.15, 0.2) is 0 Å². The summed E-state index contributed by atoms with van der Waals surface area (Å²) in [6.07, 6.45) is 1.09. The Bertz CT molecular complexity index is 485. The Morgan fingerprint density at radius 2 is 2.29 bits per heavy atom. The second kappa shape index (κ2) is 4.40. The van der Waals surface area contributed by atoms with Crippen LogP contribution in [-0.2, 0) is 11.2 Å². The number of fused-ring (bicyclic) bond motifs is 1. The van der Waals surface area contributed by atoms with Crippen LogP contribution in [0.1, 0.15) is 18.9 Å². The van der Waals surface area contributed by atoms with Gasteiger partial charge in [0.25, 0.3) is 5.69 Å². The van der Waals surface area contributed by atoms with Gasteiger partial charge >= 0.3 is 0 Å². The van der Waals surface area contributed by atoms with Crippen molar-refractivity contribution in [3.63, 3.8) is 0 Å². The van der Waals surface area contributed by atoms with Crippen molar-refractivity contribution >= 4 is 23.0 Å². The normalized spacial score (nSPS) is 13.1. The minimum atomic E-state index is -0.429. The molecule has 1 aliphatic heterocycles. The van der Waals surface area contributed by atoms with Crippen molar-refractivity contribution in [2.75, 3.05) is 17.2 Å². The van der Waals surface area contributed by atoms with Crippen molar-refractivity contribution in [3.8, 4) is 0 Å². The van der Waals surface area contributed by atoms with Crippen LogP contribution < -0.4 is 10.6 Å². The van der Waals surface area contributed by atoms with E-state index in [1.165, 1.54) is 6.07 Å². The van der Waals surface area contributed by atoms with Gasteiger partial charge in [-0.05, 0) is 18.1 Å². The van der Waals surface area contributed by atoms with Crippen LogP contribution >= 0.6 is 0 Å². The molecule has 1 heterocycles. The second-order valence-corrected chi connectivity index (χ2v) is 3.94. The zero-order valence-electron chi connectivity index (χ0n) is 9.45. The Kier molecular flexibility index (Phi) is 2.95. The maximum atomic E-state index is 11.2. The maximum Gasteiger partial charge on any atom is 0.292 e. The van der Waals surface area contributed by atoms with Crippen LogP contribution in [0.5, 0.6) is 0 Å². The van der Waals surface area contributed by atoms with E-state index in [2.05, 4.69) is 10.6 Å². The summed E-state index contributed by atoms with van der Waals surface area (Å²) >= 11 is 0. The fourth-order valence-electron chi connectivity index (χ4n) is 1.81. The Balaban J connectivity index is 2.40. The molecule has 17 heavy (non-hydrogen) atoms. The molecule has 0 radical (unpaired) electrons. The largest absolute Gasteiger partial charge is 0.379 e. The van der Waals surface area contributed by atoms with E-state index in [1.807, 2.05) is 6.92 Å². The monoisotopic (exact) mass is 235 g/mol. The van der Waals surface area contributed by atoms with E-state index in [1.54, 1.807) is 6.07 Å². The summed E-state index contributed by atoms with van der Waals surface area (Å²) in [7, 11) is 0. The second-order valence-electron chi connectivity index (χ2n) is 3.94. The smallest absolute Gasteiger partial charge is 0.292 e. The molecule has 0 spiro atoms. The fraction of sp³-hybridized carbons (Fsp3) is 0.364. The van der Waals surface area contributed by atoms with Crippen molar-refractivity contribution in [3.05, 3.63) is 27.8 Å². The third kappa shape index (κ3) is 2.20. The number of carbonyl (C=O) groups excluding carboxylic acids is 1. The summed E-state index contributed by atoms with van der Waals surface area (Å²) in [6, 6.07) is 3.10. The first-order valence-electron chi connectivity index (χ1n) is 5.47. The first-order valence-corrected chi connectivity index (χ1v) is 5.47. The number of amides is 1. The third-order valence-electron chi connectivity index (χ3n) is 2.61. The van der Waals surface area contributed by atoms with Crippen LogP contribution in [0, 0.1) is 10.1 Å². The molecular formula is C11H13N3O3. The van der Waals surface area contributed by atoms with Gasteiger partial charge in [0.2, 0.25) is 5.91 Å². The Morgan fingerprint density at radius 1 is 1.53 bits per heavy atom. The van der Waals surface area contributed by atoms with E-state index >= 15 is 0 Å². The van der Waals surface area contributed by atoms with Crippen molar-refractivity contribution < 1.29 is 9.72 Å². The standard InChI is InChI=1S/C11H13N3O3/c1-2-3-12-9-6-8-7(5-11(15)13-8)4-10(9)14(16)17/h4,6,12H,2-3,5H2,1H3,(H,13,15). The van der Waals surface area contributed by atoms with Gasteiger partial charge in [0.1, 0.15) is 5.69 Å². The van der Waals surface area contributed by atoms with Gasteiger partial charge in [-0.3, -0.25) is 14.9 Å². The summed E-state index contributed by atoms with van der Waals surface area (Å²) in [4.78, 5) is 21.7. The number of nitrogens with zero attached hydrogens (tertiary/aromatic N) is 1. The lowest BCUT2D eigenvalue weighted by Gasteiger charge is -2.08. The molecule has 0 unspecified atom stereocenters. The van der Waals surface area contributed by atoms with Gasteiger partial charge in [0, 0.05) is 18.3 Å². The zero-order chi connectivity index (χ0) is 12.4. The van der Waals surface area contributed by atoms with E-state index in [0.29, 0.717) is 23.5 Å². The lowest BCUT2D eigenvalue weighted by molar-refractivity contribution is -0.384. The number of nitro benzene ring substituents is 1. The molecule has 0 atom stereocenters. The highest BCUT2D eigenvalue weighted by molar-refractivity contribution is 6.00. The predicted octanol–water partition coefficient (Wildman–Crippen LogP) is 1.91. The molecule has 1 aromatic rings. The van der Waals surface area contributed by atoms with E-state index < -0.39 is 4.92 Å². The summed E-state index contributed by atoms with van der Waals surface area (Å²) in [5.41, 5.74) is 1.83. The van der Waals surface area contributed by atoms with Crippen LogP contribution in [0.2, 0.25) is 0 Å². The lowest BCUT2D eigenvalue weighted by Crippen LogP contribution is -2.05. The molecule has 1 amide bonds. The number of nitro groups is 1. The molecule has 90 valence electrons. The van der Waals surface area contributed by atoms with Gasteiger partial charge in [-0.15, -0.1) is 0 Å². The number of nitrogens with one attached hydrogen (secondary N) is 2. The minimum Gasteiger partial charge on any atom is -0.379 e. The Hall–Kier alpha value is -2.11. The minimum absolute atomic E-state index is 0.0219. The van der Waals surface area contributed by atoms with Gasteiger partial charge in [0.05, 0.1) is 11.3 Å². The number of hydrogen-bond acceptors (Lipinski definition) is 4. The molecule has 0 saturated heterocycles. The molecule has 0 saturated carbocycles. The average molecular weight is 235 g/mol. The topological polar surface area (TPSA) is 84.3 Å². The summed E-state index contributed by atoms with van der Waals surface area (Å²) in [5, 5.41) is 16.6. The van der Waals surface area contributed by atoms with Crippen LogP contribution in [0.3, 0.4) is 0 Å². The van der Waals surface area contributed by atoms with Crippen molar-refractivity contribution in [2.45, 2.75) is 19.8 Å². The molecular weight excluding hydrogens is 222 g/mol. The Labute approximate surface area is 98.2 Å². The zero-order valence-corrected chi connectivity index (χ0v) is 9.45. The van der Waals surface area contributed by atoms with Gasteiger partial charge in [-0.25, -0.2) is 0 Å². The quantitative estimate of drug-likeness (QED) is 0.616. The maximum absolute atomic E-state index is 11.2. The highest BCUT2D eigenvalue weighted by Gasteiger charge is 2.24. The van der Waals surface area contributed by atoms with Crippen molar-refractivity contribution in [1.29, 1.82) is 0 Å². The van der Waals surface area contributed by atoms with E-state index in [0.717, 1.165) is 6.42 Å². The molecule has 0 fully saturated rings. The predicted molar refractivity (Wildman–Crippen MR) is 64.2 cm³/mol. The van der Waals surface area contributed by atoms with Gasteiger partial charge < -0.3 is 10.6 Å². The molecule has 2 N–H and O–H groups in total. The highest BCUT2D eigenvalue weighted by Crippen LogP contribution is 2.34. The number of carbonyl (C=O) groups is 1. The van der Waals surface area contributed by atoms with Crippen LogP contribution in [0.25, 0.3) is 0 Å². The van der Waals surface area contributed by atoms with Crippen LogP contribution in [-0.4, -0.2) is 17.4 Å². The summed E-state index contributed by atoms with van der Waals surface area (Å²) < 4.78 is 0. The van der Waals surface area contributed by atoms with E-state index in [-0.39, 0.29) is 18.0 Å². The molecule has 1 aromatic carbocycles. The summed E-state index contributed by atoms with van der Waals surface area (Å²) in [6.45, 7) is 2.64. The van der Waals surface area contributed by atoms with Crippen molar-refractivity contribution in [2.24, 2.45) is 0 Å². The van der Waals surface area contributed by atoms with E-state index in [9.17, 15) is 14.9 Å². The molecule has 6 heteroatoms. The third-order valence-corrected chi connectivity index (χ3v) is 2.61. The lowest BCUT2D eigenvalue weighted by atomic mass is 10.1. The molecule has 6 nitrogen and oxygen atoms in total. The van der Waals surface area contributed by atoms with Gasteiger partial charge in [-0.2, -0.15) is 0 Å². The number of hydrogen-bond donors (Lipinski definition) is 2. The van der Waals surface area contributed by atoms with Gasteiger partial charge in [-0.1, -0.05) is 6.92 Å². The highest BCUT2D eigenvalue weighted by atomic mass is 16.6.